The van der Waals surface area contributed by atoms with Crippen molar-refractivity contribution in [3.8, 4) is 113 Å². The van der Waals surface area contributed by atoms with Crippen LogP contribution in [0.2, 0.25) is 0 Å². The molecule has 0 atom stereocenters. The number of hydrogen-bond acceptors (Lipinski definition) is 5. The van der Waals surface area contributed by atoms with Crippen molar-refractivity contribution < 1.29 is 0 Å². The van der Waals surface area contributed by atoms with Gasteiger partial charge in [0.2, 0.25) is 0 Å². The van der Waals surface area contributed by atoms with Crippen LogP contribution in [0.25, 0.3) is 101 Å². The second-order valence-corrected chi connectivity index (χ2v) is 17.8. The Balaban J connectivity index is 1.03. The van der Waals surface area contributed by atoms with Gasteiger partial charge in [0.1, 0.15) is 0 Å². The van der Waals surface area contributed by atoms with Crippen LogP contribution in [0, 0.1) is 22.7 Å². The highest BCUT2D eigenvalue weighted by molar-refractivity contribution is 5.91. The number of aromatic nitrogens is 3. The molecule has 0 N–H and O–H groups in total. The highest BCUT2D eigenvalue weighted by Crippen LogP contribution is 2.41. The zero-order valence-electron chi connectivity index (χ0n) is 39.3. The topological polar surface area (TPSA) is 86.2 Å². The minimum atomic E-state index is 0.584. The molecule has 0 spiro atoms. The molecule has 0 radical (unpaired) electrons. The number of pyridine rings is 3. The van der Waals surface area contributed by atoms with Gasteiger partial charge in [-0.3, -0.25) is 15.0 Å². The molecule has 3 heterocycles. The first-order chi connectivity index (χ1) is 35.6. The van der Waals surface area contributed by atoms with E-state index in [1.165, 1.54) is 22.3 Å². The zero-order valence-corrected chi connectivity index (χ0v) is 39.3. The van der Waals surface area contributed by atoms with Crippen LogP contribution in [0.15, 0.2) is 249 Å². The van der Waals surface area contributed by atoms with Crippen LogP contribution in [-0.4, -0.2) is 15.0 Å². The van der Waals surface area contributed by atoms with Crippen LogP contribution in [0.5, 0.6) is 0 Å². The van der Waals surface area contributed by atoms with Crippen molar-refractivity contribution in [3.63, 3.8) is 0 Å². The second-order valence-electron chi connectivity index (χ2n) is 17.8. The normalized spacial score (nSPS) is 10.9. The van der Waals surface area contributed by atoms with E-state index in [9.17, 15) is 10.5 Å². The molecule has 0 aliphatic rings. The molecule has 72 heavy (non-hydrogen) atoms. The van der Waals surface area contributed by atoms with E-state index in [2.05, 4.69) is 174 Å². The summed E-state index contributed by atoms with van der Waals surface area (Å²) in [7, 11) is 0. The Morgan fingerprint density at radius 2 is 0.694 bits per heavy atom. The predicted octanol–water partition coefficient (Wildman–Crippen LogP) is 16.4. The number of rotatable bonds is 12. The molecule has 0 aliphatic heterocycles. The van der Waals surface area contributed by atoms with Crippen molar-refractivity contribution in [2.75, 3.05) is 0 Å². The third-order valence-electron chi connectivity index (χ3n) is 13.3. The van der Waals surface area contributed by atoms with Crippen LogP contribution in [0.4, 0.5) is 0 Å². The summed E-state index contributed by atoms with van der Waals surface area (Å²) in [5.74, 6) is 0. The van der Waals surface area contributed by atoms with Gasteiger partial charge in [-0.2, -0.15) is 10.5 Å². The maximum atomic E-state index is 10.2. The molecular weight excluding hydrogens is 875 g/mol. The fraction of sp³-hybridized carbons (Fsp3) is 0.0299. The lowest BCUT2D eigenvalue weighted by molar-refractivity contribution is 0.963. The lowest BCUT2D eigenvalue weighted by Gasteiger charge is -2.18. The molecule has 0 unspecified atom stereocenters. The summed E-state index contributed by atoms with van der Waals surface area (Å²) in [5.41, 5.74) is 22.0. The van der Waals surface area contributed by atoms with Crippen molar-refractivity contribution in [1.82, 2.24) is 15.0 Å². The van der Waals surface area contributed by atoms with E-state index in [1.807, 2.05) is 85.1 Å². The van der Waals surface area contributed by atoms with E-state index in [-0.39, 0.29) is 0 Å². The van der Waals surface area contributed by atoms with Gasteiger partial charge in [0.25, 0.3) is 0 Å². The number of hydrogen-bond donors (Lipinski definition) is 0. The molecule has 0 saturated heterocycles. The predicted molar refractivity (Wildman–Crippen MR) is 292 cm³/mol. The van der Waals surface area contributed by atoms with Gasteiger partial charge in [-0.1, -0.05) is 158 Å². The van der Waals surface area contributed by atoms with Crippen LogP contribution >= 0.6 is 0 Å². The Bertz CT molecular complexity index is 3600. The average molecular weight is 920 g/mol. The van der Waals surface area contributed by atoms with Gasteiger partial charge in [0.05, 0.1) is 40.3 Å². The van der Waals surface area contributed by atoms with Crippen molar-refractivity contribution >= 4 is 0 Å². The van der Waals surface area contributed by atoms with E-state index in [4.69, 9.17) is 4.98 Å². The lowest BCUT2D eigenvalue weighted by Crippen LogP contribution is -1.98. The molecule has 11 aromatic rings. The quantitative estimate of drug-likeness (QED) is 0.122. The maximum absolute atomic E-state index is 10.2. The summed E-state index contributed by atoms with van der Waals surface area (Å²) >= 11 is 0. The summed E-state index contributed by atoms with van der Waals surface area (Å²) in [5, 5.41) is 20.4. The standard InChI is InChI=1S/C67H45N5/c68-44-47-16-33-60(63(40-47)53-23-28-55(29-24-53)65-12-4-7-35-70-65)58-38-46(39-59(42-58)61-34-17-48(45-69)41-64(61)54-25-30-56(31-26-54)66-13-5-8-36-71-66)15-18-51-27-32-57(67-14-6-9-37-72-67)43-62(51)52-21-19-50(20-22-52)49-10-2-1-3-11-49/h1-14,16-17,19-43H,15,18H2. The summed E-state index contributed by atoms with van der Waals surface area (Å²) in [4.78, 5) is 13.9. The molecule has 0 amide bonds. The summed E-state index contributed by atoms with van der Waals surface area (Å²) in [6.45, 7) is 0. The highest BCUT2D eigenvalue weighted by Gasteiger charge is 2.17. The second kappa shape index (κ2) is 20.4. The van der Waals surface area contributed by atoms with Crippen molar-refractivity contribution in [3.05, 3.63) is 271 Å². The zero-order chi connectivity index (χ0) is 48.6. The van der Waals surface area contributed by atoms with Crippen molar-refractivity contribution in [2.45, 2.75) is 12.8 Å². The fourth-order valence-corrected chi connectivity index (χ4v) is 9.57. The smallest absolute Gasteiger partial charge is 0.0991 e. The number of benzene rings is 8. The minimum Gasteiger partial charge on any atom is -0.256 e. The van der Waals surface area contributed by atoms with Gasteiger partial charge >= 0.3 is 0 Å². The van der Waals surface area contributed by atoms with E-state index >= 15 is 0 Å². The molecule has 0 bridgehead atoms. The summed E-state index contributed by atoms with van der Waals surface area (Å²) < 4.78 is 0. The molecule has 5 heteroatoms. The SMILES string of the molecule is N#Cc1ccc(-c2cc(CCc3ccc(-c4ccccn4)cc3-c3ccc(-c4ccccc4)cc3)cc(-c3ccc(C#N)cc3-c3ccc(-c4ccccn4)cc3)c2)c(-c2ccc(-c3ccccn3)cc2)c1. The molecule has 338 valence electrons. The first kappa shape index (κ1) is 44.7. The van der Waals surface area contributed by atoms with Crippen molar-refractivity contribution in [2.24, 2.45) is 0 Å². The number of nitrogens with zero attached hydrogens (tertiary/aromatic N) is 5. The Morgan fingerprint density at radius 3 is 1.17 bits per heavy atom. The third kappa shape index (κ3) is 9.60. The van der Waals surface area contributed by atoms with Gasteiger partial charge < -0.3 is 0 Å². The molecule has 11 rings (SSSR count). The van der Waals surface area contributed by atoms with Gasteiger partial charge in [-0.15, -0.1) is 0 Å². The minimum absolute atomic E-state index is 0.584. The summed E-state index contributed by atoms with van der Waals surface area (Å²) in [6, 6.07) is 84.4. The van der Waals surface area contributed by atoms with E-state index in [0.29, 0.717) is 11.1 Å². The van der Waals surface area contributed by atoms with Gasteiger partial charge in [0, 0.05) is 35.3 Å². The molecule has 3 aromatic heterocycles. The molecule has 5 nitrogen and oxygen atoms in total. The molecule has 0 fully saturated rings. The highest BCUT2D eigenvalue weighted by atomic mass is 14.7. The first-order valence-corrected chi connectivity index (χ1v) is 24.0. The van der Waals surface area contributed by atoms with E-state index < -0.39 is 0 Å². The number of aryl methyl sites for hydroxylation is 2. The van der Waals surface area contributed by atoms with Crippen LogP contribution in [0.3, 0.4) is 0 Å². The van der Waals surface area contributed by atoms with Gasteiger partial charge in [-0.25, -0.2) is 0 Å². The Kier molecular flexibility index (Phi) is 12.7. The largest absolute Gasteiger partial charge is 0.256 e. The van der Waals surface area contributed by atoms with Crippen molar-refractivity contribution in [1.29, 1.82) is 10.5 Å². The van der Waals surface area contributed by atoms with Gasteiger partial charge in [-0.05, 0) is 164 Å². The van der Waals surface area contributed by atoms with Gasteiger partial charge in [0.15, 0.2) is 0 Å². The van der Waals surface area contributed by atoms with E-state index in [1.54, 1.807) is 12.4 Å². The molecular formula is C67H45N5. The molecule has 8 aromatic carbocycles. The van der Waals surface area contributed by atoms with Crippen LogP contribution in [-0.2, 0) is 12.8 Å². The third-order valence-corrected chi connectivity index (χ3v) is 13.3. The Labute approximate surface area is 420 Å². The van der Waals surface area contributed by atoms with Crippen LogP contribution < -0.4 is 0 Å². The Morgan fingerprint density at radius 1 is 0.278 bits per heavy atom. The molecule has 0 saturated carbocycles. The summed E-state index contributed by atoms with van der Waals surface area (Å²) in [6.07, 6.45) is 6.97. The fourth-order valence-electron chi connectivity index (χ4n) is 9.57. The Hall–Kier alpha value is -9.81. The number of nitriles is 2. The maximum Gasteiger partial charge on any atom is 0.0991 e. The lowest BCUT2D eigenvalue weighted by atomic mass is 9.86. The average Bonchev–Trinajstić information content (AvgIpc) is 3.47. The molecule has 0 aliphatic carbocycles. The monoisotopic (exact) mass is 919 g/mol. The van der Waals surface area contributed by atoms with E-state index in [0.717, 1.165) is 102 Å². The van der Waals surface area contributed by atoms with Crippen LogP contribution in [0.1, 0.15) is 22.3 Å². The first-order valence-electron chi connectivity index (χ1n) is 24.0.